The number of hydrogen-bond donors (Lipinski definition) is 1. The van der Waals surface area contributed by atoms with E-state index in [1.54, 1.807) is 0 Å². The van der Waals surface area contributed by atoms with Crippen molar-refractivity contribution in [1.29, 1.82) is 0 Å². The normalized spacial score (nSPS) is 17.5. The van der Waals surface area contributed by atoms with E-state index in [1.807, 2.05) is 0 Å². The molecule has 0 aliphatic carbocycles. The van der Waals surface area contributed by atoms with Crippen LogP contribution in [0.3, 0.4) is 0 Å². The third-order valence-corrected chi connectivity index (χ3v) is 4.52. The number of esters is 1. The molecule has 5 heteroatoms. The van der Waals surface area contributed by atoms with Gasteiger partial charge in [0.2, 0.25) is 0 Å². The van der Waals surface area contributed by atoms with Crippen molar-refractivity contribution < 1.29 is 24.2 Å². The number of aliphatic carboxylic acids is 1. The molecule has 0 aromatic heterocycles. The third kappa shape index (κ3) is 11.4. The minimum absolute atomic E-state index is 0.0858. The molecule has 1 heterocycles. The summed E-state index contributed by atoms with van der Waals surface area (Å²) in [7, 11) is 0. The van der Waals surface area contributed by atoms with Gasteiger partial charge in [-0.1, -0.05) is 58.3 Å². The van der Waals surface area contributed by atoms with E-state index >= 15 is 0 Å². The number of carboxylic acid groups (broad SMARTS) is 1. The van der Waals surface area contributed by atoms with Gasteiger partial charge in [-0.05, 0) is 19.3 Å². The van der Waals surface area contributed by atoms with Gasteiger partial charge in [-0.15, -0.1) is 0 Å². The summed E-state index contributed by atoms with van der Waals surface area (Å²) in [5.41, 5.74) is 0. The zero-order chi connectivity index (χ0) is 17.6. The molecule has 24 heavy (non-hydrogen) atoms. The van der Waals surface area contributed by atoms with Crippen molar-refractivity contribution in [2.75, 3.05) is 13.2 Å². The number of carbonyl (C=O) groups excluding carboxylic acids is 1. The first-order valence-electron chi connectivity index (χ1n) is 9.63. The lowest BCUT2D eigenvalue weighted by Crippen LogP contribution is -2.15. The van der Waals surface area contributed by atoms with Gasteiger partial charge in [-0.25, -0.2) is 0 Å². The fourth-order valence-electron chi connectivity index (χ4n) is 2.83. The predicted octanol–water partition coefficient (Wildman–Crippen LogP) is 4.33. The van der Waals surface area contributed by atoms with Crippen LogP contribution in [-0.4, -0.2) is 36.4 Å². The zero-order valence-corrected chi connectivity index (χ0v) is 15.1. The number of epoxide rings is 1. The topological polar surface area (TPSA) is 76.1 Å². The van der Waals surface area contributed by atoms with Crippen LogP contribution in [0.2, 0.25) is 0 Å². The second-order valence-corrected chi connectivity index (χ2v) is 6.83. The van der Waals surface area contributed by atoms with Crippen molar-refractivity contribution >= 4 is 11.9 Å². The van der Waals surface area contributed by atoms with E-state index in [0.29, 0.717) is 32.5 Å². The molecule has 1 rings (SSSR count). The monoisotopic (exact) mass is 342 g/mol. The molecule has 0 saturated carbocycles. The van der Waals surface area contributed by atoms with E-state index in [4.69, 9.17) is 9.47 Å². The molecule has 140 valence electrons. The molecule has 0 spiro atoms. The summed E-state index contributed by atoms with van der Waals surface area (Å²) < 4.78 is 10.0. The van der Waals surface area contributed by atoms with Crippen LogP contribution in [0.25, 0.3) is 0 Å². The largest absolute Gasteiger partial charge is 0.481 e. The maximum absolute atomic E-state index is 11.5. The molecule has 0 aromatic rings. The van der Waals surface area contributed by atoms with Gasteiger partial charge < -0.3 is 14.6 Å². The first-order valence-corrected chi connectivity index (χ1v) is 9.63. The fourth-order valence-corrected chi connectivity index (χ4v) is 2.83. The Morgan fingerprint density at radius 2 is 1.62 bits per heavy atom. The van der Waals surface area contributed by atoms with Crippen LogP contribution in [0.5, 0.6) is 0 Å². The molecule has 0 bridgehead atoms. The number of unbranched alkanes of at least 4 members (excludes halogenated alkanes) is 7. The Bertz CT molecular complexity index is 352. The lowest BCUT2D eigenvalue weighted by molar-refractivity contribution is -0.146. The van der Waals surface area contributed by atoms with Crippen LogP contribution < -0.4 is 0 Å². The summed E-state index contributed by atoms with van der Waals surface area (Å²) in [6.07, 6.45) is 12.0. The molecular weight excluding hydrogens is 308 g/mol. The van der Waals surface area contributed by atoms with E-state index in [-0.39, 0.29) is 18.0 Å². The van der Waals surface area contributed by atoms with Crippen LogP contribution in [0.4, 0.5) is 0 Å². The Morgan fingerprint density at radius 3 is 2.21 bits per heavy atom. The minimum atomic E-state index is -0.738. The molecule has 0 amide bonds. The molecule has 1 N–H and O–H groups in total. The fraction of sp³-hybridized carbons (Fsp3) is 0.895. The van der Waals surface area contributed by atoms with Gasteiger partial charge in [0, 0.05) is 6.42 Å². The van der Waals surface area contributed by atoms with Crippen LogP contribution >= 0.6 is 0 Å². The van der Waals surface area contributed by atoms with Gasteiger partial charge in [0.05, 0.1) is 12.5 Å². The van der Waals surface area contributed by atoms with Crippen molar-refractivity contribution in [3.8, 4) is 0 Å². The summed E-state index contributed by atoms with van der Waals surface area (Å²) in [6.45, 7) is 3.22. The van der Waals surface area contributed by atoms with Crippen LogP contribution in [0, 0.1) is 5.92 Å². The van der Waals surface area contributed by atoms with Crippen LogP contribution in [0.1, 0.15) is 84.0 Å². The average molecular weight is 342 g/mol. The lowest BCUT2D eigenvalue weighted by Gasteiger charge is -2.12. The summed E-state index contributed by atoms with van der Waals surface area (Å²) in [4.78, 5) is 22.8. The Labute approximate surface area is 146 Å². The Kier molecular flexibility index (Phi) is 11.5. The number of rotatable bonds is 16. The minimum Gasteiger partial charge on any atom is -0.481 e. The summed E-state index contributed by atoms with van der Waals surface area (Å²) >= 11 is 0. The maximum Gasteiger partial charge on any atom is 0.306 e. The standard InChI is InChI=1S/C19H34O5/c1-2-3-4-5-6-7-8-9-11-16(19(21)22)12-10-13-18(20)24-15-17-14-23-17/h16-17H,2-15H2,1H3,(H,21,22). The molecule has 2 unspecified atom stereocenters. The quantitative estimate of drug-likeness (QED) is 0.257. The number of ether oxygens (including phenoxy) is 2. The highest BCUT2D eigenvalue weighted by atomic mass is 16.6. The molecule has 5 nitrogen and oxygen atoms in total. The second kappa shape index (κ2) is 13.2. The maximum atomic E-state index is 11.5. The Hall–Kier alpha value is -1.10. The van der Waals surface area contributed by atoms with Gasteiger partial charge in [-0.3, -0.25) is 9.59 Å². The highest BCUT2D eigenvalue weighted by Gasteiger charge is 2.24. The highest BCUT2D eigenvalue weighted by Crippen LogP contribution is 2.19. The first kappa shape index (κ1) is 20.9. The number of carboxylic acids is 1. The SMILES string of the molecule is CCCCCCCCCCC(CCCC(=O)OCC1CO1)C(=O)O. The summed E-state index contributed by atoms with van der Waals surface area (Å²) in [5, 5.41) is 9.29. The summed E-state index contributed by atoms with van der Waals surface area (Å²) in [5.74, 6) is -1.32. The molecule has 1 aliphatic heterocycles. The van der Waals surface area contributed by atoms with Gasteiger partial charge in [0.15, 0.2) is 0 Å². The molecular formula is C19H34O5. The van der Waals surface area contributed by atoms with Crippen LogP contribution in [-0.2, 0) is 19.1 Å². The Morgan fingerprint density at radius 1 is 1.04 bits per heavy atom. The van der Waals surface area contributed by atoms with Crippen molar-refractivity contribution in [2.45, 2.75) is 90.1 Å². The smallest absolute Gasteiger partial charge is 0.306 e. The van der Waals surface area contributed by atoms with Gasteiger partial charge in [-0.2, -0.15) is 0 Å². The number of carbonyl (C=O) groups is 2. The molecule has 1 aliphatic rings. The second-order valence-electron chi connectivity index (χ2n) is 6.83. The van der Waals surface area contributed by atoms with E-state index in [2.05, 4.69) is 6.92 Å². The molecule has 1 fully saturated rings. The number of hydrogen-bond acceptors (Lipinski definition) is 4. The molecule has 0 radical (unpaired) electrons. The third-order valence-electron chi connectivity index (χ3n) is 4.52. The van der Waals surface area contributed by atoms with Crippen molar-refractivity contribution in [3.05, 3.63) is 0 Å². The highest BCUT2D eigenvalue weighted by molar-refractivity contribution is 5.71. The zero-order valence-electron chi connectivity index (χ0n) is 15.1. The first-order chi connectivity index (χ1) is 11.6. The molecule has 0 aromatic carbocycles. The van der Waals surface area contributed by atoms with Gasteiger partial charge >= 0.3 is 11.9 Å². The summed E-state index contributed by atoms with van der Waals surface area (Å²) in [6, 6.07) is 0. The van der Waals surface area contributed by atoms with Gasteiger partial charge in [0.25, 0.3) is 0 Å². The van der Waals surface area contributed by atoms with Crippen molar-refractivity contribution in [3.63, 3.8) is 0 Å². The molecule has 2 atom stereocenters. The van der Waals surface area contributed by atoms with Crippen molar-refractivity contribution in [2.24, 2.45) is 5.92 Å². The van der Waals surface area contributed by atoms with E-state index in [0.717, 1.165) is 19.3 Å². The van der Waals surface area contributed by atoms with Crippen molar-refractivity contribution in [1.82, 2.24) is 0 Å². The van der Waals surface area contributed by atoms with Gasteiger partial charge in [0.1, 0.15) is 12.7 Å². The van der Waals surface area contributed by atoms with E-state index in [9.17, 15) is 14.7 Å². The Balaban J connectivity index is 1.99. The van der Waals surface area contributed by atoms with E-state index < -0.39 is 5.97 Å². The predicted molar refractivity (Wildman–Crippen MR) is 92.9 cm³/mol. The van der Waals surface area contributed by atoms with E-state index in [1.165, 1.54) is 38.5 Å². The van der Waals surface area contributed by atoms with Crippen LogP contribution in [0.15, 0.2) is 0 Å². The lowest BCUT2D eigenvalue weighted by atomic mass is 9.95. The average Bonchev–Trinajstić information content (AvgIpc) is 3.37. The molecule has 1 saturated heterocycles.